The summed E-state index contributed by atoms with van der Waals surface area (Å²) in [6, 6.07) is 18.0. The molecular weight excluding hydrogens is 352 g/mol. The lowest BCUT2D eigenvalue weighted by Crippen LogP contribution is -2.16. The quantitative estimate of drug-likeness (QED) is 0.531. The molecule has 2 nitrogen and oxygen atoms in total. The predicted octanol–water partition coefficient (Wildman–Crippen LogP) is 6.46. The van der Waals surface area contributed by atoms with E-state index < -0.39 is 0 Å². The molecule has 1 saturated carbocycles. The molecule has 1 heterocycles. The summed E-state index contributed by atoms with van der Waals surface area (Å²) in [5, 5.41) is 3.59. The van der Waals surface area contributed by atoms with Gasteiger partial charge in [0.2, 0.25) is 0 Å². The van der Waals surface area contributed by atoms with Gasteiger partial charge in [0.05, 0.1) is 11.9 Å². The first-order chi connectivity index (χ1) is 14.2. The minimum Gasteiger partial charge on any atom is -0.357 e. The monoisotopic (exact) mass is 380 g/mol. The van der Waals surface area contributed by atoms with E-state index in [4.69, 9.17) is 0 Å². The molecule has 0 radical (unpaired) electrons. The SMILES string of the molecule is C=C(Nc1cncc(-c2cccc(CC)c2)c1)C1(c2ccc3c(c2)CCC3)CC1. The van der Waals surface area contributed by atoms with Gasteiger partial charge in [-0.15, -0.1) is 0 Å². The maximum Gasteiger partial charge on any atom is 0.0574 e. The van der Waals surface area contributed by atoms with E-state index in [0.717, 1.165) is 23.4 Å². The van der Waals surface area contributed by atoms with Gasteiger partial charge in [0.25, 0.3) is 0 Å². The van der Waals surface area contributed by atoms with Crippen LogP contribution >= 0.6 is 0 Å². The molecule has 0 aliphatic heterocycles. The summed E-state index contributed by atoms with van der Waals surface area (Å²) in [6.07, 6.45) is 11.0. The van der Waals surface area contributed by atoms with Crippen molar-refractivity contribution < 1.29 is 0 Å². The zero-order valence-electron chi connectivity index (χ0n) is 17.2. The maximum absolute atomic E-state index is 4.49. The van der Waals surface area contributed by atoms with Crippen molar-refractivity contribution in [1.29, 1.82) is 0 Å². The lowest BCUT2D eigenvalue weighted by atomic mass is 9.90. The molecule has 1 fully saturated rings. The second-order valence-corrected chi connectivity index (χ2v) is 8.54. The van der Waals surface area contributed by atoms with E-state index in [1.54, 1.807) is 5.56 Å². The molecule has 0 bridgehead atoms. The Morgan fingerprint density at radius 2 is 1.86 bits per heavy atom. The number of aromatic nitrogens is 1. The van der Waals surface area contributed by atoms with E-state index in [0.29, 0.717) is 0 Å². The van der Waals surface area contributed by atoms with Crippen LogP contribution in [0.3, 0.4) is 0 Å². The van der Waals surface area contributed by atoms with Crippen molar-refractivity contribution in [2.45, 2.75) is 50.9 Å². The van der Waals surface area contributed by atoms with Crippen LogP contribution in [0.5, 0.6) is 0 Å². The van der Waals surface area contributed by atoms with Gasteiger partial charge >= 0.3 is 0 Å². The highest BCUT2D eigenvalue weighted by molar-refractivity contribution is 5.68. The van der Waals surface area contributed by atoms with Crippen LogP contribution in [0, 0.1) is 0 Å². The van der Waals surface area contributed by atoms with Crippen LogP contribution in [-0.2, 0) is 24.7 Å². The van der Waals surface area contributed by atoms with E-state index in [1.807, 2.05) is 12.4 Å². The summed E-state index contributed by atoms with van der Waals surface area (Å²) >= 11 is 0. The van der Waals surface area contributed by atoms with Crippen molar-refractivity contribution in [1.82, 2.24) is 4.98 Å². The molecule has 1 N–H and O–H groups in total. The Morgan fingerprint density at radius 3 is 2.69 bits per heavy atom. The molecule has 0 atom stereocenters. The normalized spacial score (nSPS) is 16.3. The Bertz CT molecular complexity index is 1080. The van der Waals surface area contributed by atoms with E-state index >= 15 is 0 Å². The van der Waals surface area contributed by atoms with Gasteiger partial charge < -0.3 is 5.32 Å². The van der Waals surface area contributed by atoms with Crippen LogP contribution in [-0.4, -0.2) is 4.98 Å². The Hall–Kier alpha value is -2.87. The molecule has 2 aromatic carbocycles. The molecule has 0 saturated heterocycles. The van der Waals surface area contributed by atoms with Gasteiger partial charge in [-0.2, -0.15) is 0 Å². The van der Waals surface area contributed by atoms with E-state index in [-0.39, 0.29) is 5.41 Å². The van der Waals surface area contributed by atoms with Crippen LogP contribution in [0.25, 0.3) is 11.1 Å². The highest BCUT2D eigenvalue weighted by Gasteiger charge is 2.47. The van der Waals surface area contributed by atoms with Crippen molar-refractivity contribution in [3.05, 3.63) is 95.5 Å². The largest absolute Gasteiger partial charge is 0.357 e. The summed E-state index contributed by atoms with van der Waals surface area (Å²) in [5.74, 6) is 0. The first-order valence-electron chi connectivity index (χ1n) is 10.8. The number of allylic oxidation sites excluding steroid dienone is 1. The summed E-state index contributed by atoms with van der Waals surface area (Å²) in [6.45, 7) is 6.63. The molecule has 0 unspecified atom stereocenters. The molecule has 0 spiro atoms. The number of fused-ring (bicyclic) bond motifs is 1. The smallest absolute Gasteiger partial charge is 0.0574 e. The third-order valence-electron chi connectivity index (χ3n) is 6.68. The van der Waals surface area contributed by atoms with Crippen LogP contribution in [0.1, 0.15) is 48.4 Å². The van der Waals surface area contributed by atoms with Crippen LogP contribution in [0.4, 0.5) is 5.69 Å². The number of nitrogens with zero attached hydrogens (tertiary/aromatic N) is 1. The molecule has 2 heteroatoms. The second kappa shape index (κ2) is 7.18. The number of benzene rings is 2. The lowest BCUT2D eigenvalue weighted by molar-refractivity contribution is 0.827. The molecule has 0 amide bonds. The number of nitrogens with one attached hydrogen (secondary N) is 1. The van der Waals surface area contributed by atoms with E-state index in [2.05, 4.69) is 72.3 Å². The number of aryl methyl sites for hydroxylation is 3. The number of hydrogen-bond acceptors (Lipinski definition) is 2. The molecule has 29 heavy (non-hydrogen) atoms. The van der Waals surface area contributed by atoms with Crippen molar-refractivity contribution in [2.75, 3.05) is 5.32 Å². The highest BCUT2D eigenvalue weighted by atomic mass is 14.9. The van der Waals surface area contributed by atoms with Gasteiger partial charge in [-0.25, -0.2) is 0 Å². The van der Waals surface area contributed by atoms with Gasteiger partial charge in [0.15, 0.2) is 0 Å². The van der Waals surface area contributed by atoms with Crippen LogP contribution in [0.2, 0.25) is 0 Å². The van der Waals surface area contributed by atoms with Crippen LogP contribution in [0.15, 0.2) is 73.2 Å². The summed E-state index contributed by atoms with van der Waals surface area (Å²) < 4.78 is 0. The Kier molecular flexibility index (Phi) is 4.50. The Balaban J connectivity index is 1.38. The molecular formula is C27H28N2. The molecule has 1 aromatic heterocycles. The summed E-state index contributed by atoms with van der Waals surface area (Å²) in [5.41, 5.74) is 10.4. The van der Waals surface area contributed by atoms with Crippen LogP contribution < -0.4 is 5.32 Å². The van der Waals surface area contributed by atoms with Crippen molar-refractivity contribution in [3.63, 3.8) is 0 Å². The molecule has 2 aliphatic carbocycles. The molecule has 3 aromatic rings. The Labute approximate surface area is 173 Å². The topological polar surface area (TPSA) is 24.9 Å². The lowest BCUT2D eigenvalue weighted by Gasteiger charge is -2.22. The third kappa shape index (κ3) is 3.37. The molecule has 2 aliphatic rings. The zero-order chi connectivity index (χ0) is 19.8. The van der Waals surface area contributed by atoms with Crippen molar-refractivity contribution >= 4 is 5.69 Å². The van der Waals surface area contributed by atoms with E-state index in [1.165, 1.54) is 54.4 Å². The Morgan fingerprint density at radius 1 is 1.00 bits per heavy atom. The zero-order valence-corrected chi connectivity index (χ0v) is 17.2. The summed E-state index contributed by atoms with van der Waals surface area (Å²) in [4.78, 5) is 4.49. The molecule has 146 valence electrons. The third-order valence-corrected chi connectivity index (χ3v) is 6.68. The number of rotatable bonds is 6. The maximum atomic E-state index is 4.49. The minimum absolute atomic E-state index is 0.0791. The number of hydrogen-bond donors (Lipinski definition) is 1. The standard InChI is InChI=1S/C27H28N2/c1-3-20-6-4-8-22(14-20)24-16-26(18-28-17-24)29-19(2)27(12-13-27)25-11-10-21-7-5-9-23(21)15-25/h4,6,8,10-11,14-18,29H,2-3,5,7,9,12-13H2,1H3. The molecule has 5 rings (SSSR count). The fourth-order valence-electron chi connectivity index (χ4n) is 4.69. The first kappa shape index (κ1) is 18.2. The minimum atomic E-state index is 0.0791. The fourth-order valence-corrected chi connectivity index (χ4v) is 4.69. The second-order valence-electron chi connectivity index (χ2n) is 8.54. The van der Waals surface area contributed by atoms with Crippen molar-refractivity contribution in [2.24, 2.45) is 0 Å². The van der Waals surface area contributed by atoms with Crippen molar-refractivity contribution in [3.8, 4) is 11.1 Å². The predicted molar refractivity (Wildman–Crippen MR) is 121 cm³/mol. The average molecular weight is 381 g/mol. The van der Waals surface area contributed by atoms with Gasteiger partial charge in [-0.1, -0.05) is 56.0 Å². The van der Waals surface area contributed by atoms with Gasteiger partial charge in [0, 0.05) is 22.9 Å². The number of pyridine rings is 1. The fraction of sp³-hybridized carbons (Fsp3) is 0.296. The van der Waals surface area contributed by atoms with Gasteiger partial charge in [-0.3, -0.25) is 4.98 Å². The van der Waals surface area contributed by atoms with Gasteiger partial charge in [0.1, 0.15) is 0 Å². The highest BCUT2D eigenvalue weighted by Crippen LogP contribution is 2.53. The van der Waals surface area contributed by atoms with Gasteiger partial charge in [-0.05, 0) is 72.4 Å². The first-order valence-corrected chi connectivity index (χ1v) is 10.8. The van der Waals surface area contributed by atoms with E-state index in [9.17, 15) is 0 Å². The number of anilines is 1. The summed E-state index contributed by atoms with van der Waals surface area (Å²) in [7, 11) is 0. The average Bonchev–Trinajstić information content (AvgIpc) is 3.45.